The van der Waals surface area contributed by atoms with E-state index in [1.54, 1.807) is 12.5 Å². The van der Waals surface area contributed by atoms with Crippen LogP contribution >= 0.6 is 0 Å². The van der Waals surface area contributed by atoms with E-state index in [-0.39, 0.29) is 5.54 Å². The number of hydrogen-bond acceptors (Lipinski definition) is 5. The van der Waals surface area contributed by atoms with Gasteiger partial charge in [-0.15, -0.1) is 0 Å². The fourth-order valence-electron chi connectivity index (χ4n) is 1.39. The Balaban J connectivity index is 2.24. The quantitative estimate of drug-likeness (QED) is 0.826. The van der Waals surface area contributed by atoms with Crippen molar-refractivity contribution in [3.63, 3.8) is 0 Å². The SMILES string of the molecule is Cn1cncc1-c1noc(CC(C)(C)N)n1. The maximum Gasteiger partial charge on any atom is 0.228 e. The van der Waals surface area contributed by atoms with E-state index < -0.39 is 0 Å². The van der Waals surface area contributed by atoms with E-state index in [2.05, 4.69) is 15.1 Å². The summed E-state index contributed by atoms with van der Waals surface area (Å²) in [5.74, 6) is 1.09. The number of aromatic nitrogens is 4. The lowest BCUT2D eigenvalue weighted by molar-refractivity contribution is 0.348. The Bertz CT molecular complexity index is 479. The number of aryl methyl sites for hydroxylation is 1. The predicted octanol–water partition coefficient (Wildman–Crippen LogP) is 0.750. The van der Waals surface area contributed by atoms with E-state index >= 15 is 0 Å². The van der Waals surface area contributed by atoms with Crippen LogP contribution in [0.5, 0.6) is 0 Å². The van der Waals surface area contributed by atoms with E-state index in [1.807, 2.05) is 25.5 Å². The average molecular weight is 221 g/mol. The molecule has 0 aromatic carbocycles. The van der Waals surface area contributed by atoms with Gasteiger partial charge in [0.2, 0.25) is 11.7 Å². The number of hydrogen-bond donors (Lipinski definition) is 1. The standard InChI is InChI=1S/C10H15N5O/c1-10(2,11)4-8-13-9(14-16-8)7-5-12-6-15(7)3/h5-6H,4,11H2,1-3H3. The third-order valence-corrected chi connectivity index (χ3v) is 2.12. The molecular formula is C10H15N5O. The molecule has 0 fully saturated rings. The van der Waals surface area contributed by atoms with Crippen molar-refractivity contribution in [3.05, 3.63) is 18.4 Å². The summed E-state index contributed by atoms with van der Waals surface area (Å²) in [6.45, 7) is 3.84. The summed E-state index contributed by atoms with van der Waals surface area (Å²) in [6.07, 6.45) is 3.94. The Kier molecular flexibility index (Phi) is 2.51. The minimum Gasteiger partial charge on any atom is -0.339 e. The highest BCUT2D eigenvalue weighted by molar-refractivity contribution is 5.47. The molecule has 2 rings (SSSR count). The maximum atomic E-state index is 5.88. The van der Waals surface area contributed by atoms with E-state index in [9.17, 15) is 0 Å². The number of nitrogens with two attached hydrogens (primary N) is 1. The molecule has 16 heavy (non-hydrogen) atoms. The van der Waals surface area contributed by atoms with Crippen LogP contribution in [0, 0.1) is 0 Å². The zero-order valence-corrected chi connectivity index (χ0v) is 9.64. The Morgan fingerprint density at radius 1 is 1.50 bits per heavy atom. The average Bonchev–Trinajstić information content (AvgIpc) is 2.71. The third-order valence-electron chi connectivity index (χ3n) is 2.12. The van der Waals surface area contributed by atoms with Gasteiger partial charge in [-0.1, -0.05) is 5.16 Å². The number of imidazole rings is 1. The van der Waals surface area contributed by atoms with Crippen molar-refractivity contribution in [3.8, 4) is 11.5 Å². The summed E-state index contributed by atoms with van der Waals surface area (Å²) in [6, 6.07) is 0. The third kappa shape index (κ3) is 2.27. The van der Waals surface area contributed by atoms with Crippen LogP contribution in [0.3, 0.4) is 0 Å². The lowest BCUT2D eigenvalue weighted by Crippen LogP contribution is -2.34. The summed E-state index contributed by atoms with van der Waals surface area (Å²) >= 11 is 0. The highest BCUT2D eigenvalue weighted by Crippen LogP contribution is 2.16. The molecule has 2 heterocycles. The first-order valence-electron chi connectivity index (χ1n) is 5.04. The molecule has 6 heteroatoms. The Labute approximate surface area is 93.5 Å². The first-order chi connectivity index (χ1) is 7.46. The maximum absolute atomic E-state index is 5.88. The van der Waals surface area contributed by atoms with Crippen LogP contribution in [0.25, 0.3) is 11.5 Å². The van der Waals surface area contributed by atoms with Gasteiger partial charge in [0, 0.05) is 19.0 Å². The fraction of sp³-hybridized carbons (Fsp3) is 0.500. The molecule has 0 spiro atoms. The molecule has 0 atom stereocenters. The van der Waals surface area contributed by atoms with Gasteiger partial charge in [-0.2, -0.15) is 4.98 Å². The zero-order valence-electron chi connectivity index (χ0n) is 9.64. The Morgan fingerprint density at radius 3 is 2.81 bits per heavy atom. The summed E-state index contributed by atoms with van der Waals surface area (Å²) in [5, 5.41) is 3.90. The smallest absolute Gasteiger partial charge is 0.228 e. The van der Waals surface area contributed by atoms with Crippen LogP contribution in [0.15, 0.2) is 17.0 Å². The normalized spacial score (nSPS) is 12.0. The van der Waals surface area contributed by atoms with Crippen LogP contribution in [0.1, 0.15) is 19.7 Å². The zero-order chi connectivity index (χ0) is 11.8. The first kappa shape index (κ1) is 10.8. The molecular weight excluding hydrogens is 206 g/mol. The van der Waals surface area contributed by atoms with Gasteiger partial charge >= 0.3 is 0 Å². The minimum atomic E-state index is -0.351. The highest BCUT2D eigenvalue weighted by atomic mass is 16.5. The van der Waals surface area contributed by atoms with Crippen LogP contribution in [0.4, 0.5) is 0 Å². The number of rotatable bonds is 3. The molecule has 0 saturated carbocycles. The summed E-state index contributed by atoms with van der Waals surface area (Å²) < 4.78 is 6.97. The van der Waals surface area contributed by atoms with Crippen molar-refractivity contribution in [1.82, 2.24) is 19.7 Å². The summed E-state index contributed by atoms with van der Waals surface area (Å²) in [7, 11) is 1.88. The molecule has 2 aromatic rings. The molecule has 0 aliphatic heterocycles. The second-order valence-corrected chi connectivity index (χ2v) is 4.57. The summed E-state index contributed by atoms with van der Waals surface area (Å²) in [4.78, 5) is 8.28. The molecule has 2 N–H and O–H groups in total. The van der Waals surface area contributed by atoms with Gasteiger partial charge in [-0.25, -0.2) is 4.98 Å². The second-order valence-electron chi connectivity index (χ2n) is 4.57. The van der Waals surface area contributed by atoms with Crippen LogP contribution in [0.2, 0.25) is 0 Å². The van der Waals surface area contributed by atoms with Crippen LogP contribution < -0.4 is 5.73 Å². The van der Waals surface area contributed by atoms with Crippen LogP contribution in [-0.2, 0) is 13.5 Å². The molecule has 0 bridgehead atoms. The van der Waals surface area contributed by atoms with Crippen LogP contribution in [-0.4, -0.2) is 25.2 Å². The first-order valence-corrected chi connectivity index (χ1v) is 5.04. The van der Waals surface area contributed by atoms with Gasteiger partial charge in [-0.05, 0) is 13.8 Å². The lowest BCUT2D eigenvalue weighted by Gasteiger charge is -2.14. The topological polar surface area (TPSA) is 82.8 Å². The molecule has 2 aromatic heterocycles. The Morgan fingerprint density at radius 2 is 2.25 bits per heavy atom. The molecule has 0 amide bonds. The largest absolute Gasteiger partial charge is 0.339 e. The monoisotopic (exact) mass is 221 g/mol. The summed E-state index contributed by atoms with van der Waals surface area (Å²) in [5.41, 5.74) is 6.35. The van der Waals surface area contributed by atoms with E-state index in [4.69, 9.17) is 10.3 Å². The fourth-order valence-corrected chi connectivity index (χ4v) is 1.39. The molecule has 0 radical (unpaired) electrons. The molecule has 6 nitrogen and oxygen atoms in total. The van der Waals surface area contributed by atoms with E-state index in [1.165, 1.54) is 0 Å². The predicted molar refractivity (Wildman–Crippen MR) is 58.5 cm³/mol. The van der Waals surface area contributed by atoms with Crippen molar-refractivity contribution < 1.29 is 4.52 Å². The number of nitrogens with zero attached hydrogens (tertiary/aromatic N) is 4. The van der Waals surface area contributed by atoms with Crippen molar-refractivity contribution in [2.75, 3.05) is 0 Å². The van der Waals surface area contributed by atoms with Crippen molar-refractivity contribution in [2.45, 2.75) is 25.8 Å². The van der Waals surface area contributed by atoms with E-state index in [0.29, 0.717) is 18.1 Å². The minimum absolute atomic E-state index is 0.351. The Hall–Kier alpha value is -1.69. The van der Waals surface area contributed by atoms with Crippen molar-refractivity contribution in [1.29, 1.82) is 0 Å². The van der Waals surface area contributed by atoms with Gasteiger partial charge in [0.05, 0.1) is 12.5 Å². The molecule has 0 saturated heterocycles. The molecule has 0 aliphatic rings. The lowest BCUT2D eigenvalue weighted by atomic mass is 10.0. The van der Waals surface area contributed by atoms with Gasteiger partial charge in [0.1, 0.15) is 5.69 Å². The van der Waals surface area contributed by atoms with E-state index in [0.717, 1.165) is 5.69 Å². The molecule has 86 valence electrons. The molecule has 0 aliphatic carbocycles. The van der Waals surface area contributed by atoms with Gasteiger partial charge in [0.25, 0.3) is 0 Å². The van der Waals surface area contributed by atoms with Gasteiger partial charge in [-0.3, -0.25) is 0 Å². The van der Waals surface area contributed by atoms with Gasteiger partial charge < -0.3 is 14.8 Å². The molecule has 0 unspecified atom stereocenters. The van der Waals surface area contributed by atoms with Gasteiger partial charge in [0.15, 0.2) is 0 Å². The van der Waals surface area contributed by atoms with Crippen molar-refractivity contribution in [2.24, 2.45) is 12.8 Å². The second kappa shape index (κ2) is 3.71. The highest BCUT2D eigenvalue weighted by Gasteiger charge is 2.18. The van der Waals surface area contributed by atoms with Crippen molar-refractivity contribution >= 4 is 0 Å².